The van der Waals surface area contributed by atoms with E-state index in [0.717, 1.165) is 6.29 Å². The maximum atomic E-state index is 11.7. The van der Waals surface area contributed by atoms with Crippen molar-refractivity contribution in [2.75, 3.05) is 0 Å². The molecule has 3 nitrogen and oxygen atoms in total. The molecule has 0 aliphatic rings. The van der Waals surface area contributed by atoms with Crippen molar-refractivity contribution < 1.29 is 14.3 Å². The van der Waals surface area contributed by atoms with E-state index in [1.807, 2.05) is 0 Å². The molecular formula is C12H14O3S. The second kappa shape index (κ2) is 4.61. The lowest BCUT2D eigenvalue weighted by atomic mass is 10.1. The highest BCUT2D eigenvalue weighted by atomic mass is 32.1. The van der Waals surface area contributed by atoms with Crippen LogP contribution in [0.15, 0.2) is 18.0 Å². The molecule has 0 bridgehead atoms. The molecule has 0 fully saturated rings. The average Bonchev–Trinajstić information content (AvgIpc) is 2.61. The van der Waals surface area contributed by atoms with Crippen LogP contribution in [0.5, 0.6) is 0 Å². The summed E-state index contributed by atoms with van der Waals surface area (Å²) < 4.78 is 5.17. The molecule has 0 aromatic carbocycles. The van der Waals surface area contributed by atoms with E-state index in [9.17, 15) is 9.59 Å². The van der Waals surface area contributed by atoms with Crippen molar-refractivity contribution in [3.63, 3.8) is 0 Å². The summed E-state index contributed by atoms with van der Waals surface area (Å²) in [6.07, 6.45) is 0.718. The van der Waals surface area contributed by atoms with Crippen LogP contribution < -0.4 is 0 Å². The van der Waals surface area contributed by atoms with Crippen LogP contribution in [0.4, 0.5) is 0 Å². The van der Waals surface area contributed by atoms with Gasteiger partial charge < -0.3 is 4.74 Å². The Morgan fingerprint density at radius 2 is 2.12 bits per heavy atom. The summed E-state index contributed by atoms with van der Waals surface area (Å²) in [6.45, 7) is 9.02. The van der Waals surface area contributed by atoms with Gasteiger partial charge in [-0.05, 0) is 32.2 Å². The minimum Gasteiger partial charge on any atom is -0.456 e. The lowest BCUT2D eigenvalue weighted by molar-refractivity contribution is -0.147. The van der Waals surface area contributed by atoms with Crippen LogP contribution in [-0.2, 0) is 9.53 Å². The molecule has 86 valence electrons. The fraction of sp³-hybridized carbons (Fsp3) is 0.333. The van der Waals surface area contributed by atoms with Gasteiger partial charge in [-0.3, -0.25) is 4.79 Å². The minimum absolute atomic E-state index is 0.221. The van der Waals surface area contributed by atoms with Gasteiger partial charge in [-0.2, -0.15) is 0 Å². The van der Waals surface area contributed by atoms with Gasteiger partial charge in [0.2, 0.25) is 0 Å². The zero-order valence-electron chi connectivity index (χ0n) is 9.57. The van der Waals surface area contributed by atoms with Crippen LogP contribution in [0.1, 0.15) is 36.0 Å². The molecule has 0 N–H and O–H groups in total. The first-order valence-corrected chi connectivity index (χ1v) is 5.68. The fourth-order valence-electron chi connectivity index (χ4n) is 1.11. The quantitative estimate of drug-likeness (QED) is 0.462. The van der Waals surface area contributed by atoms with Crippen molar-refractivity contribution >= 4 is 29.2 Å². The number of carbonyl (C=O) groups excluding carboxylic acids is 2. The molecule has 1 aromatic rings. The number of esters is 1. The van der Waals surface area contributed by atoms with Crippen LogP contribution in [0, 0.1) is 0 Å². The van der Waals surface area contributed by atoms with Gasteiger partial charge in [0, 0.05) is 5.56 Å². The van der Waals surface area contributed by atoms with E-state index < -0.39 is 11.6 Å². The molecular weight excluding hydrogens is 224 g/mol. The van der Waals surface area contributed by atoms with Crippen LogP contribution in [-0.4, -0.2) is 17.9 Å². The van der Waals surface area contributed by atoms with Crippen molar-refractivity contribution in [2.24, 2.45) is 0 Å². The third-order valence-corrected chi connectivity index (χ3v) is 2.61. The van der Waals surface area contributed by atoms with E-state index in [0.29, 0.717) is 10.4 Å². The summed E-state index contributed by atoms with van der Waals surface area (Å²) in [5.74, 6) is -0.492. The highest BCUT2D eigenvalue weighted by Crippen LogP contribution is 2.24. The molecule has 1 heterocycles. The number of carbonyl (C=O) groups is 2. The molecule has 4 heteroatoms. The van der Waals surface area contributed by atoms with Crippen molar-refractivity contribution in [3.05, 3.63) is 28.5 Å². The summed E-state index contributed by atoms with van der Waals surface area (Å²) in [6, 6.07) is 1.70. The average molecular weight is 238 g/mol. The SMILES string of the molecule is C=C(C(=O)OC(C)(C)C)c1ccsc1C=O. The molecule has 0 aliphatic heterocycles. The van der Waals surface area contributed by atoms with Gasteiger partial charge in [-0.15, -0.1) is 11.3 Å². The van der Waals surface area contributed by atoms with Crippen molar-refractivity contribution in [1.29, 1.82) is 0 Å². The first-order valence-electron chi connectivity index (χ1n) is 4.80. The Balaban J connectivity index is 2.87. The van der Waals surface area contributed by atoms with E-state index in [-0.39, 0.29) is 5.57 Å². The van der Waals surface area contributed by atoms with Gasteiger partial charge in [0.15, 0.2) is 6.29 Å². The second-order valence-corrected chi connectivity index (χ2v) is 5.24. The molecule has 0 aliphatic carbocycles. The smallest absolute Gasteiger partial charge is 0.338 e. The number of thiophene rings is 1. The highest BCUT2D eigenvalue weighted by molar-refractivity contribution is 7.12. The van der Waals surface area contributed by atoms with E-state index in [4.69, 9.17) is 4.74 Å². The molecule has 0 radical (unpaired) electrons. The van der Waals surface area contributed by atoms with Crippen LogP contribution in [0.2, 0.25) is 0 Å². The fourth-order valence-corrected chi connectivity index (χ4v) is 1.84. The molecule has 0 atom stereocenters. The normalized spacial score (nSPS) is 10.9. The maximum Gasteiger partial charge on any atom is 0.338 e. The predicted molar refractivity (Wildman–Crippen MR) is 64.6 cm³/mol. The predicted octanol–water partition coefficient (Wildman–Crippen LogP) is 2.92. The Kier molecular flexibility index (Phi) is 3.65. The highest BCUT2D eigenvalue weighted by Gasteiger charge is 2.21. The van der Waals surface area contributed by atoms with Crippen LogP contribution in [0.25, 0.3) is 5.57 Å². The number of hydrogen-bond donors (Lipinski definition) is 0. The first kappa shape index (κ1) is 12.6. The Morgan fingerprint density at radius 1 is 1.50 bits per heavy atom. The zero-order valence-corrected chi connectivity index (χ0v) is 10.4. The summed E-state index contributed by atoms with van der Waals surface area (Å²) in [5.41, 5.74) is 0.213. The third kappa shape index (κ3) is 3.03. The van der Waals surface area contributed by atoms with Gasteiger partial charge >= 0.3 is 5.97 Å². The third-order valence-electron chi connectivity index (χ3n) is 1.77. The monoisotopic (exact) mass is 238 g/mol. The number of rotatable bonds is 3. The van der Waals surface area contributed by atoms with E-state index in [2.05, 4.69) is 6.58 Å². The van der Waals surface area contributed by atoms with Gasteiger partial charge in [-0.25, -0.2) is 4.79 Å². The van der Waals surface area contributed by atoms with Crippen molar-refractivity contribution in [2.45, 2.75) is 26.4 Å². The Bertz CT molecular complexity index is 424. The number of hydrogen-bond acceptors (Lipinski definition) is 4. The zero-order chi connectivity index (χ0) is 12.3. The topological polar surface area (TPSA) is 43.4 Å². The van der Waals surface area contributed by atoms with Gasteiger partial charge in [0.1, 0.15) is 5.60 Å². The molecule has 1 aromatic heterocycles. The van der Waals surface area contributed by atoms with Crippen molar-refractivity contribution in [1.82, 2.24) is 0 Å². The summed E-state index contributed by atoms with van der Waals surface area (Å²) in [7, 11) is 0. The second-order valence-electron chi connectivity index (χ2n) is 4.30. The number of ether oxygens (including phenoxy) is 1. The lowest BCUT2D eigenvalue weighted by Gasteiger charge is -2.20. The molecule has 0 saturated carbocycles. The summed E-state index contributed by atoms with van der Waals surface area (Å²) in [4.78, 5) is 22.9. The van der Waals surface area contributed by atoms with E-state index in [1.54, 1.807) is 32.2 Å². The lowest BCUT2D eigenvalue weighted by Crippen LogP contribution is -2.24. The van der Waals surface area contributed by atoms with Gasteiger partial charge in [0.25, 0.3) is 0 Å². The van der Waals surface area contributed by atoms with Gasteiger partial charge in [-0.1, -0.05) is 6.58 Å². The molecule has 0 amide bonds. The minimum atomic E-state index is -0.558. The van der Waals surface area contributed by atoms with Crippen LogP contribution >= 0.6 is 11.3 Å². The Labute approximate surface area is 98.7 Å². The largest absolute Gasteiger partial charge is 0.456 e. The standard InChI is InChI=1S/C12H14O3S/c1-8(11(14)15-12(2,3)4)9-5-6-16-10(9)7-13/h5-7H,1H2,2-4H3. The molecule has 0 spiro atoms. The number of aldehydes is 1. The molecule has 16 heavy (non-hydrogen) atoms. The molecule has 1 rings (SSSR count). The van der Waals surface area contributed by atoms with Gasteiger partial charge in [0.05, 0.1) is 10.5 Å². The summed E-state index contributed by atoms with van der Waals surface area (Å²) >= 11 is 1.28. The van der Waals surface area contributed by atoms with E-state index in [1.165, 1.54) is 11.3 Å². The first-order chi connectivity index (χ1) is 7.35. The molecule has 0 saturated heterocycles. The van der Waals surface area contributed by atoms with E-state index >= 15 is 0 Å². The molecule has 0 unspecified atom stereocenters. The maximum absolute atomic E-state index is 11.7. The van der Waals surface area contributed by atoms with Crippen LogP contribution in [0.3, 0.4) is 0 Å². The Morgan fingerprint density at radius 3 is 2.62 bits per heavy atom. The Hall–Kier alpha value is -1.42. The van der Waals surface area contributed by atoms with Crippen molar-refractivity contribution in [3.8, 4) is 0 Å². The summed E-state index contributed by atoms with van der Waals surface area (Å²) in [5, 5.41) is 1.74.